The molecule has 0 unspecified atom stereocenters. The van der Waals surface area contributed by atoms with Crippen LogP contribution in [0.15, 0.2) is 5.16 Å². The highest BCUT2D eigenvalue weighted by atomic mass is 16.6. The summed E-state index contributed by atoms with van der Waals surface area (Å²) in [6.45, 7) is 4.85. The van der Waals surface area contributed by atoms with Crippen molar-refractivity contribution in [2.24, 2.45) is 5.16 Å². The van der Waals surface area contributed by atoms with E-state index < -0.39 is 60.9 Å². The van der Waals surface area contributed by atoms with Gasteiger partial charge >= 0.3 is 29.8 Å². The van der Waals surface area contributed by atoms with Gasteiger partial charge < -0.3 is 28.5 Å². The molecule has 0 saturated carbocycles. The first-order valence-electron chi connectivity index (χ1n) is 8.36. The summed E-state index contributed by atoms with van der Waals surface area (Å²) in [5.41, 5.74) is 0. The summed E-state index contributed by atoms with van der Waals surface area (Å²) >= 11 is 0. The monoisotopic (exact) mass is 419 g/mol. The van der Waals surface area contributed by atoms with Gasteiger partial charge in [0.2, 0.25) is 0 Å². The lowest BCUT2D eigenvalue weighted by Gasteiger charge is -2.33. The first-order chi connectivity index (χ1) is 13.5. The van der Waals surface area contributed by atoms with Crippen LogP contribution in [0, 0.1) is 0 Å². The Morgan fingerprint density at radius 2 is 1.21 bits per heavy atom. The van der Waals surface area contributed by atoms with E-state index in [-0.39, 0.29) is 0 Å². The van der Waals surface area contributed by atoms with Crippen molar-refractivity contribution < 1.29 is 52.5 Å². The summed E-state index contributed by atoms with van der Waals surface area (Å²) in [5.74, 6) is -3.94. The molecule has 0 heterocycles. The van der Waals surface area contributed by atoms with Crippen molar-refractivity contribution in [3.05, 3.63) is 0 Å². The van der Waals surface area contributed by atoms with Gasteiger partial charge in [-0.15, -0.1) is 0 Å². The molecule has 0 aliphatic rings. The maximum atomic E-state index is 11.7. The minimum Gasteiger partial charge on any atom is -0.462 e. The Balaban J connectivity index is 6.21. The summed E-state index contributed by atoms with van der Waals surface area (Å²) in [6.07, 6.45) is -4.83. The topological polar surface area (TPSA) is 153 Å². The number of nitrogens with zero attached hydrogens (tertiary/aromatic N) is 1. The van der Waals surface area contributed by atoms with E-state index in [1.165, 1.54) is 7.11 Å². The minimum atomic E-state index is -1.52. The van der Waals surface area contributed by atoms with Gasteiger partial charge in [-0.2, -0.15) is 0 Å². The van der Waals surface area contributed by atoms with Crippen molar-refractivity contribution in [3.8, 4) is 0 Å². The summed E-state index contributed by atoms with van der Waals surface area (Å²) in [6, 6.07) is 0. The predicted molar refractivity (Wildman–Crippen MR) is 94.4 cm³/mol. The third-order valence-corrected chi connectivity index (χ3v) is 3.00. The highest BCUT2D eigenvalue weighted by molar-refractivity contribution is 5.74. The number of esters is 5. The number of oxime groups is 1. The quantitative estimate of drug-likeness (QED) is 0.191. The van der Waals surface area contributed by atoms with Gasteiger partial charge in [-0.25, -0.2) is 0 Å². The number of hydrogen-bond donors (Lipinski definition) is 0. The lowest BCUT2D eigenvalue weighted by Crippen LogP contribution is -2.53. The van der Waals surface area contributed by atoms with E-state index in [2.05, 4.69) is 9.99 Å². The zero-order chi connectivity index (χ0) is 22.6. The lowest BCUT2D eigenvalue weighted by molar-refractivity contribution is -0.197. The Morgan fingerprint density at radius 1 is 0.724 bits per heavy atom. The predicted octanol–water partition coefficient (Wildman–Crippen LogP) is -0.0915. The molecule has 0 spiro atoms. The van der Waals surface area contributed by atoms with Crippen molar-refractivity contribution in [2.45, 2.75) is 59.0 Å². The fraction of sp³-hybridized carbons (Fsp3) is 0.647. The molecule has 0 aromatic heterocycles. The fourth-order valence-corrected chi connectivity index (χ4v) is 2.16. The molecule has 0 amide bonds. The molecule has 12 heteroatoms. The molecule has 0 aromatic rings. The third-order valence-electron chi connectivity index (χ3n) is 3.00. The molecular weight excluding hydrogens is 394 g/mol. The molecule has 0 bridgehead atoms. The van der Waals surface area contributed by atoms with Crippen LogP contribution < -0.4 is 0 Å². The van der Waals surface area contributed by atoms with Gasteiger partial charge in [-0.1, -0.05) is 5.16 Å². The van der Waals surface area contributed by atoms with Crippen LogP contribution in [-0.2, 0) is 52.5 Å². The summed E-state index contributed by atoms with van der Waals surface area (Å²) in [5, 5.41) is 3.48. The maximum absolute atomic E-state index is 11.7. The largest absolute Gasteiger partial charge is 0.462 e. The molecule has 0 radical (unpaired) electrons. The number of hydrogen-bond acceptors (Lipinski definition) is 12. The zero-order valence-electron chi connectivity index (χ0n) is 17.0. The van der Waals surface area contributed by atoms with Crippen molar-refractivity contribution in [3.63, 3.8) is 0 Å². The van der Waals surface area contributed by atoms with Gasteiger partial charge in [0.25, 0.3) is 0 Å². The molecule has 0 aromatic carbocycles. The van der Waals surface area contributed by atoms with Crippen LogP contribution >= 0.6 is 0 Å². The SMILES string of the molecule is CO/N=C/[C@H](OC(C)=O)[C@@H](OC(C)=O)[C@H](OC(C)=O)[C@@H](COC(C)=O)OC(C)=O. The summed E-state index contributed by atoms with van der Waals surface area (Å²) in [4.78, 5) is 62.0. The Hall–Kier alpha value is -3.18. The van der Waals surface area contributed by atoms with E-state index >= 15 is 0 Å². The van der Waals surface area contributed by atoms with Crippen LogP contribution in [0.4, 0.5) is 0 Å². The van der Waals surface area contributed by atoms with Crippen molar-refractivity contribution in [1.82, 2.24) is 0 Å². The lowest BCUT2D eigenvalue weighted by atomic mass is 10.0. The first-order valence-corrected chi connectivity index (χ1v) is 8.36. The number of rotatable bonds is 11. The molecule has 0 aliphatic heterocycles. The second-order valence-electron chi connectivity index (χ2n) is 5.61. The van der Waals surface area contributed by atoms with E-state index in [4.69, 9.17) is 23.7 Å². The van der Waals surface area contributed by atoms with Gasteiger partial charge in [-0.05, 0) is 0 Å². The van der Waals surface area contributed by atoms with Crippen LogP contribution in [0.25, 0.3) is 0 Å². The smallest absolute Gasteiger partial charge is 0.303 e. The molecule has 164 valence electrons. The standard InChI is InChI=1S/C17H25NO11/c1-9(19)25-8-15(27-11(3)21)17(29-13(5)23)16(28-12(4)22)14(7-18-24-6)26-10(2)20/h7,14-17H,8H2,1-6H3/b18-7+/t14-,15+,16+,17+/m0/s1. The summed E-state index contributed by atoms with van der Waals surface area (Å²) in [7, 11) is 1.22. The molecule has 29 heavy (non-hydrogen) atoms. The van der Waals surface area contributed by atoms with Gasteiger partial charge in [-0.3, -0.25) is 24.0 Å². The zero-order valence-corrected chi connectivity index (χ0v) is 17.0. The maximum Gasteiger partial charge on any atom is 0.303 e. The molecule has 12 nitrogen and oxygen atoms in total. The molecule has 0 fully saturated rings. The molecule has 0 aliphatic carbocycles. The van der Waals surface area contributed by atoms with Crippen LogP contribution in [0.5, 0.6) is 0 Å². The molecule has 0 rings (SSSR count). The van der Waals surface area contributed by atoms with Gasteiger partial charge in [0.1, 0.15) is 13.7 Å². The van der Waals surface area contributed by atoms with Crippen LogP contribution in [-0.4, -0.2) is 74.2 Å². The number of carbonyl (C=O) groups excluding carboxylic acids is 5. The minimum absolute atomic E-state index is 0.529. The highest BCUT2D eigenvalue weighted by Gasteiger charge is 2.43. The van der Waals surface area contributed by atoms with Crippen LogP contribution in [0.2, 0.25) is 0 Å². The number of carbonyl (C=O) groups is 5. The Bertz CT molecular complexity index is 631. The van der Waals surface area contributed by atoms with E-state index in [1.54, 1.807) is 0 Å². The highest BCUT2D eigenvalue weighted by Crippen LogP contribution is 2.19. The molecule has 0 N–H and O–H groups in total. The third kappa shape index (κ3) is 11.3. The van der Waals surface area contributed by atoms with E-state index in [9.17, 15) is 24.0 Å². The Morgan fingerprint density at radius 3 is 1.62 bits per heavy atom. The van der Waals surface area contributed by atoms with Crippen molar-refractivity contribution in [2.75, 3.05) is 13.7 Å². The first kappa shape index (κ1) is 25.8. The van der Waals surface area contributed by atoms with Crippen molar-refractivity contribution >= 4 is 36.1 Å². The normalized spacial score (nSPS) is 14.7. The average Bonchev–Trinajstić information content (AvgIpc) is 2.57. The van der Waals surface area contributed by atoms with Gasteiger partial charge in [0, 0.05) is 34.6 Å². The Kier molecular flexibility index (Phi) is 11.6. The molecule has 4 atom stereocenters. The average molecular weight is 419 g/mol. The second kappa shape index (κ2) is 13.1. The second-order valence-corrected chi connectivity index (χ2v) is 5.61. The van der Waals surface area contributed by atoms with E-state index in [0.29, 0.717) is 0 Å². The van der Waals surface area contributed by atoms with Crippen LogP contribution in [0.3, 0.4) is 0 Å². The number of ether oxygens (including phenoxy) is 5. The van der Waals surface area contributed by atoms with Gasteiger partial charge in [0.05, 0.1) is 6.21 Å². The molecular formula is C17H25NO11. The molecule has 0 saturated heterocycles. The van der Waals surface area contributed by atoms with Crippen molar-refractivity contribution in [1.29, 1.82) is 0 Å². The van der Waals surface area contributed by atoms with Crippen LogP contribution in [0.1, 0.15) is 34.6 Å². The van der Waals surface area contributed by atoms with Gasteiger partial charge in [0.15, 0.2) is 24.4 Å². The van der Waals surface area contributed by atoms with E-state index in [1.807, 2.05) is 0 Å². The Labute approximate surface area is 167 Å². The van der Waals surface area contributed by atoms with E-state index in [0.717, 1.165) is 40.8 Å². The fourth-order valence-electron chi connectivity index (χ4n) is 2.16. The summed E-state index contributed by atoms with van der Waals surface area (Å²) < 4.78 is 25.4.